The summed E-state index contributed by atoms with van der Waals surface area (Å²) in [5.41, 5.74) is 2.96. The lowest BCUT2D eigenvalue weighted by Gasteiger charge is -2.07. The second kappa shape index (κ2) is 11.2. The second-order valence-corrected chi connectivity index (χ2v) is 5.32. The van der Waals surface area contributed by atoms with Crippen LogP contribution in [0.15, 0.2) is 18.2 Å². The molecule has 4 nitrogen and oxygen atoms in total. The van der Waals surface area contributed by atoms with Crippen molar-refractivity contribution >= 4 is 24.1 Å². The molecule has 0 saturated heterocycles. The van der Waals surface area contributed by atoms with Gasteiger partial charge in [0.2, 0.25) is 5.91 Å². The number of aryl methyl sites for hydroxylation is 2. The monoisotopic (exact) mass is 326 g/mol. The third kappa shape index (κ3) is 7.57. The average Bonchev–Trinajstić information content (AvgIpc) is 2.47. The molecule has 2 N–H and O–H groups in total. The lowest BCUT2D eigenvalue weighted by molar-refractivity contribution is -0.121. The topological polar surface area (TPSA) is 58.2 Å². The van der Waals surface area contributed by atoms with Gasteiger partial charge in [0.25, 0.3) is 0 Å². The lowest BCUT2D eigenvalue weighted by atomic mass is 10.0. The van der Waals surface area contributed by atoms with E-state index in [2.05, 4.69) is 17.6 Å². The normalized spacial score (nSPS) is 9.95. The van der Waals surface area contributed by atoms with Crippen LogP contribution in [-0.4, -0.2) is 31.3 Å². The molecule has 1 rings (SSSR count). The van der Waals surface area contributed by atoms with Crippen LogP contribution >= 0.6 is 12.4 Å². The van der Waals surface area contributed by atoms with Gasteiger partial charge < -0.3 is 10.6 Å². The van der Waals surface area contributed by atoms with Crippen LogP contribution in [0.3, 0.4) is 0 Å². The number of hydrogen-bond acceptors (Lipinski definition) is 3. The summed E-state index contributed by atoms with van der Waals surface area (Å²) in [6, 6.07) is 5.67. The highest BCUT2D eigenvalue weighted by Crippen LogP contribution is 2.12. The first-order valence-corrected chi connectivity index (χ1v) is 7.62. The van der Waals surface area contributed by atoms with Gasteiger partial charge in [-0.15, -0.1) is 12.4 Å². The van der Waals surface area contributed by atoms with Crippen molar-refractivity contribution in [3.63, 3.8) is 0 Å². The van der Waals surface area contributed by atoms with Crippen molar-refractivity contribution in [2.75, 3.05) is 19.6 Å². The van der Waals surface area contributed by atoms with Crippen LogP contribution in [0.25, 0.3) is 0 Å². The minimum atomic E-state index is -0.0644. The number of carbonyl (C=O) groups is 2. The molecule has 0 unspecified atom stereocenters. The van der Waals surface area contributed by atoms with Crippen molar-refractivity contribution in [1.29, 1.82) is 0 Å². The number of ketones is 1. The zero-order valence-corrected chi connectivity index (χ0v) is 14.5. The van der Waals surface area contributed by atoms with E-state index < -0.39 is 0 Å². The highest BCUT2D eigenvalue weighted by molar-refractivity contribution is 5.98. The molecule has 5 heteroatoms. The molecule has 0 fully saturated rings. The van der Waals surface area contributed by atoms with Crippen molar-refractivity contribution in [1.82, 2.24) is 10.6 Å². The van der Waals surface area contributed by atoms with Crippen LogP contribution in [-0.2, 0) is 4.79 Å². The maximum atomic E-state index is 12.0. The molecule has 1 aromatic rings. The third-order valence-corrected chi connectivity index (χ3v) is 3.46. The first kappa shape index (κ1) is 20.6. The van der Waals surface area contributed by atoms with Crippen molar-refractivity contribution in [2.24, 2.45) is 0 Å². The Kier molecular flexibility index (Phi) is 10.5. The Balaban J connectivity index is 0.00000441. The molecule has 0 spiro atoms. The number of halogens is 1. The highest BCUT2D eigenvalue weighted by atomic mass is 35.5. The minimum Gasteiger partial charge on any atom is -0.355 e. The summed E-state index contributed by atoms with van der Waals surface area (Å²) in [5, 5.41) is 6.03. The molecule has 0 heterocycles. The van der Waals surface area contributed by atoms with E-state index in [1.54, 1.807) is 0 Å². The summed E-state index contributed by atoms with van der Waals surface area (Å²) >= 11 is 0. The molecule has 22 heavy (non-hydrogen) atoms. The van der Waals surface area contributed by atoms with Crippen molar-refractivity contribution < 1.29 is 9.59 Å². The Hall–Kier alpha value is -1.39. The zero-order valence-electron chi connectivity index (χ0n) is 13.7. The smallest absolute Gasteiger partial charge is 0.220 e. The van der Waals surface area contributed by atoms with Crippen LogP contribution in [0.4, 0.5) is 0 Å². The van der Waals surface area contributed by atoms with E-state index in [1.807, 2.05) is 32.0 Å². The standard InChI is InChI=1S/C17H26N2O2.ClH/c1-4-9-18-10-11-19-17(21)8-7-16(20)15-6-5-13(2)14(3)12-15;/h5-6,12,18H,4,7-11H2,1-3H3,(H,19,21);1H. The van der Waals surface area contributed by atoms with Crippen LogP contribution in [0, 0.1) is 13.8 Å². The van der Waals surface area contributed by atoms with E-state index in [1.165, 1.54) is 5.56 Å². The molecule has 0 bridgehead atoms. The summed E-state index contributed by atoms with van der Waals surface area (Å²) in [4.78, 5) is 23.7. The molecular formula is C17H27ClN2O2. The number of benzene rings is 1. The van der Waals surface area contributed by atoms with Crippen molar-refractivity contribution in [3.05, 3.63) is 34.9 Å². The number of nitrogens with one attached hydrogen (secondary N) is 2. The maximum absolute atomic E-state index is 12.0. The molecular weight excluding hydrogens is 300 g/mol. The fourth-order valence-corrected chi connectivity index (χ4v) is 1.97. The largest absolute Gasteiger partial charge is 0.355 e. The van der Waals surface area contributed by atoms with E-state index >= 15 is 0 Å². The van der Waals surface area contributed by atoms with Gasteiger partial charge >= 0.3 is 0 Å². The van der Waals surface area contributed by atoms with Crippen LogP contribution in [0.1, 0.15) is 47.7 Å². The van der Waals surface area contributed by atoms with Gasteiger partial charge in [-0.2, -0.15) is 0 Å². The van der Waals surface area contributed by atoms with Gasteiger partial charge in [0.05, 0.1) is 0 Å². The molecule has 0 aliphatic carbocycles. The highest BCUT2D eigenvalue weighted by Gasteiger charge is 2.09. The van der Waals surface area contributed by atoms with Gasteiger partial charge in [-0.1, -0.05) is 19.1 Å². The molecule has 124 valence electrons. The SMILES string of the molecule is CCCNCCNC(=O)CCC(=O)c1ccc(C)c(C)c1.Cl. The van der Waals surface area contributed by atoms with E-state index in [-0.39, 0.29) is 36.9 Å². The summed E-state index contributed by atoms with van der Waals surface area (Å²) in [7, 11) is 0. The number of amides is 1. The molecule has 0 aliphatic rings. The van der Waals surface area contributed by atoms with E-state index in [9.17, 15) is 9.59 Å². The zero-order chi connectivity index (χ0) is 15.7. The van der Waals surface area contributed by atoms with Gasteiger partial charge in [-0.3, -0.25) is 9.59 Å². The molecule has 0 saturated carbocycles. The summed E-state index contributed by atoms with van der Waals surface area (Å²) < 4.78 is 0. The predicted octanol–water partition coefficient (Wildman–Crippen LogP) is 2.80. The lowest BCUT2D eigenvalue weighted by Crippen LogP contribution is -2.32. The van der Waals surface area contributed by atoms with E-state index in [4.69, 9.17) is 0 Å². The number of carbonyl (C=O) groups excluding carboxylic acids is 2. The summed E-state index contributed by atoms with van der Waals surface area (Å²) in [6.07, 6.45) is 1.59. The Bertz CT molecular complexity index is 490. The molecule has 0 atom stereocenters. The summed E-state index contributed by atoms with van der Waals surface area (Å²) in [5.74, 6) is -0.0390. The van der Waals surface area contributed by atoms with Gasteiger partial charge in [0.1, 0.15) is 0 Å². The van der Waals surface area contributed by atoms with E-state index in [0.29, 0.717) is 12.1 Å². The first-order valence-electron chi connectivity index (χ1n) is 7.62. The van der Waals surface area contributed by atoms with Gasteiger partial charge in [0.15, 0.2) is 5.78 Å². The van der Waals surface area contributed by atoms with Crippen molar-refractivity contribution in [2.45, 2.75) is 40.0 Å². The Morgan fingerprint density at radius 1 is 1.00 bits per heavy atom. The third-order valence-electron chi connectivity index (χ3n) is 3.46. The molecule has 0 aromatic heterocycles. The molecule has 1 aromatic carbocycles. The van der Waals surface area contributed by atoms with E-state index in [0.717, 1.165) is 25.1 Å². The summed E-state index contributed by atoms with van der Waals surface area (Å²) in [6.45, 7) is 8.44. The minimum absolute atomic E-state index is 0. The fraction of sp³-hybridized carbons (Fsp3) is 0.529. The molecule has 0 aliphatic heterocycles. The quantitative estimate of drug-likeness (QED) is 0.542. The maximum Gasteiger partial charge on any atom is 0.220 e. The second-order valence-electron chi connectivity index (χ2n) is 5.32. The Morgan fingerprint density at radius 2 is 1.73 bits per heavy atom. The Morgan fingerprint density at radius 3 is 2.36 bits per heavy atom. The van der Waals surface area contributed by atoms with Crippen LogP contribution in [0.2, 0.25) is 0 Å². The van der Waals surface area contributed by atoms with Gasteiger partial charge in [-0.05, 0) is 44.0 Å². The van der Waals surface area contributed by atoms with Crippen molar-refractivity contribution in [3.8, 4) is 0 Å². The van der Waals surface area contributed by atoms with Gasteiger partial charge in [-0.25, -0.2) is 0 Å². The Labute approximate surface area is 139 Å². The predicted molar refractivity (Wildman–Crippen MR) is 92.9 cm³/mol. The first-order chi connectivity index (χ1) is 10.0. The fourth-order valence-electron chi connectivity index (χ4n) is 1.97. The number of Topliss-reactive ketones (excluding diaryl/α,β-unsaturated/α-hetero) is 1. The van der Waals surface area contributed by atoms with Crippen LogP contribution < -0.4 is 10.6 Å². The van der Waals surface area contributed by atoms with Crippen LogP contribution in [0.5, 0.6) is 0 Å². The van der Waals surface area contributed by atoms with Gasteiger partial charge in [0, 0.05) is 31.5 Å². The molecule has 0 radical (unpaired) electrons. The number of rotatable bonds is 9. The molecule has 1 amide bonds. The average molecular weight is 327 g/mol. The number of hydrogen-bond donors (Lipinski definition) is 2.